The van der Waals surface area contributed by atoms with E-state index >= 15 is 0 Å². The first-order chi connectivity index (χ1) is 12.4. The Kier molecular flexibility index (Phi) is 4.84. The predicted octanol–water partition coefficient (Wildman–Crippen LogP) is 3.23. The van der Waals surface area contributed by atoms with Gasteiger partial charge in [-0.3, -0.25) is 9.59 Å². The molecule has 0 saturated heterocycles. The van der Waals surface area contributed by atoms with Crippen LogP contribution in [0.2, 0.25) is 0 Å². The van der Waals surface area contributed by atoms with Gasteiger partial charge in [-0.05, 0) is 38.1 Å². The molecule has 0 unspecified atom stereocenters. The lowest BCUT2D eigenvalue weighted by atomic mass is 10.0. The van der Waals surface area contributed by atoms with Gasteiger partial charge in [0.25, 0.3) is 5.91 Å². The normalized spacial score (nSPS) is 15.0. The zero-order chi connectivity index (χ0) is 18.7. The molecule has 2 amide bonds. The average molecular weight is 354 g/mol. The summed E-state index contributed by atoms with van der Waals surface area (Å²) < 4.78 is 10.9. The molecule has 0 saturated carbocycles. The first-order valence-corrected chi connectivity index (χ1v) is 8.44. The highest BCUT2D eigenvalue weighted by molar-refractivity contribution is 6.03. The van der Waals surface area contributed by atoms with Crippen LogP contribution in [0.4, 0.5) is 11.4 Å². The van der Waals surface area contributed by atoms with Crippen LogP contribution in [0.3, 0.4) is 0 Å². The number of anilines is 2. The Morgan fingerprint density at radius 3 is 2.73 bits per heavy atom. The van der Waals surface area contributed by atoms with Crippen LogP contribution in [0, 0.1) is 0 Å². The lowest BCUT2D eigenvalue weighted by molar-refractivity contribution is -0.132. The fourth-order valence-electron chi connectivity index (χ4n) is 2.88. The standard InChI is InChI=1S/C20H22N2O4/c1-20(2)19(24)22(16-9-4-5-10-17(16)26-20)12-11-18(23)21-14-7-6-8-15(13-14)25-3/h4-10,13H,11-12H2,1-3H3,(H,21,23). The van der Waals surface area contributed by atoms with E-state index in [-0.39, 0.29) is 24.8 Å². The summed E-state index contributed by atoms with van der Waals surface area (Å²) >= 11 is 0. The summed E-state index contributed by atoms with van der Waals surface area (Å²) in [5.74, 6) is 0.977. The molecule has 0 fully saturated rings. The monoisotopic (exact) mass is 354 g/mol. The summed E-state index contributed by atoms with van der Waals surface area (Å²) in [6.45, 7) is 3.74. The molecule has 0 aliphatic carbocycles. The molecule has 0 atom stereocenters. The number of fused-ring (bicyclic) bond motifs is 1. The van der Waals surface area contributed by atoms with Gasteiger partial charge in [-0.15, -0.1) is 0 Å². The number of amides is 2. The molecular weight excluding hydrogens is 332 g/mol. The number of nitrogens with zero attached hydrogens (tertiary/aromatic N) is 1. The van der Waals surface area contributed by atoms with Gasteiger partial charge in [-0.2, -0.15) is 0 Å². The molecule has 0 bridgehead atoms. The summed E-state index contributed by atoms with van der Waals surface area (Å²) in [7, 11) is 1.57. The van der Waals surface area contributed by atoms with Crippen LogP contribution in [0.5, 0.6) is 11.5 Å². The summed E-state index contributed by atoms with van der Waals surface area (Å²) in [5.41, 5.74) is 0.381. The van der Waals surface area contributed by atoms with Crippen molar-refractivity contribution < 1.29 is 19.1 Å². The molecule has 26 heavy (non-hydrogen) atoms. The topological polar surface area (TPSA) is 67.9 Å². The van der Waals surface area contributed by atoms with E-state index < -0.39 is 5.60 Å². The van der Waals surface area contributed by atoms with Gasteiger partial charge in [0, 0.05) is 24.7 Å². The number of ether oxygens (including phenoxy) is 2. The molecule has 1 heterocycles. The third-order valence-corrected chi connectivity index (χ3v) is 4.20. The maximum Gasteiger partial charge on any atom is 0.270 e. The second-order valence-corrected chi connectivity index (χ2v) is 6.57. The second kappa shape index (κ2) is 7.07. The molecule has 1 N–H and O–H groups in total. The van der Waals surface area contributed by atoms with Crippen molar-refractivity contribution >= 4 is 23.2 Å². The Labute approximate surface area is 152 Å². The van der Waals surface area contributed by atoms with Crippen molar-refractivity contribution in [3.05, 3.63) is 48.5 Å². The smallest absolute Gasteiger partial charge is 0.270 e. The molecule has 6 nitrogen and oxygen atoms in total. The Balaban J connectivity index is 1.70. The minimum absolute atomic E-state index is 0.162. The van der Waals surface area contributed by atoms with Crippen molar-refractivity contribution in [2.75, 3.05) is 23.9 Å². The number of carbonyl (C=O) groups is 2. The Morgan fingerprint density at radius 1 is 1.19 bits per heavy atom. The van der Waals surface area contributed by atoms with Gasteiger partial charge in [-0.1, -0.05) is 18.2 Å². The van der Waals surface area contributed by atoms with Gasteiger partial charge < -0.3 is 19.7 Å². The summed E-state index contributed by atoms with van der Waals surface area (Å²) in [6.07, 6.45) is 0.174. The van der Waals surface area contributed by atoms with Crippen LogP contribution in [-0.2, 0) is 9.59 Å². The van der Waals surface area contributed by atoms with Gasteiger partial charge >= 0.3 is 0 Å². The summed E-state index contributed by atoms with van der Waals surface area (Å²) in [5, 5.41) is 2.83. The van der Waals surface area contributed by atoms with Crippen molar-refractivity contribution in [1.82, 2.24) is 0 Å². The number of methoxy groups -OCH3 is 1. The van der Waals surface area contributed by atoms with Gasteiger partial charge in [0.1, 0.15) is 11.5 Å². The number of nitrogens with one attached hydrogen (secondary N) is 1. The maximum atomic E-state index is 12.7. The molecular formula is C20H22N2O4. The fraction of sp³-hybridized carbons (Fsp3) is 0.300. The van der Waals surface area contributed by atoms with E-state index in [1.807, 2.05) is 24.3 Å². The minimum atomic E-state index is -0.961. The number of para-hydroxylation sites is 2. The van der Waals surface area contributed by atoms with Crippen LogP contribution in [0.25, 0.3) is 0 Å². The van der Waals surface area contributed by atoms with Crippen molar-refractivity contribution in [3.8, 4) is 11.5 Å². The maximum absolute atomic E-state index is 12.7. The number of carbonyl (C=O) groups excluding carboxylic acids is 2. The summed E-state index contributed by atoms with van der Waals surface area (Å²) in [6, 6.07) is 14.5. The van der Waals surface area contributed by atoms with Crippen molar-refractivity contribution in [2.45, 2.75) is 25.9 Å². The minimum Gasteiger partial charge on any atom is -0.497 e. The second-order valence-electron chi connectivity index (χ2n) is 6.57. The predicted molar refractivity (Wildman–Crippen MR) is 99.7 cm³/mol. The van der Waals surface area contributed by atoms with E-state index in [0.717, 1.165) is 0 Å². The number of rotatable bonds is 5. The first kappa shape index (κ1) is 17.8. The van der Waals surface area contributed by atoms with E-state index in [4.69, 9.17) is 9.47 Å². The highest BCUT2D eigenvalue weighted by Crippen LogP contribution is 2.37. The number of hydrogen-bond acceptors (Lipinski definition) is 4. The lowest BCUT2D eigenvalue weighted by Crippen LogP contribution is -2.53. The quantitative estimate of drug-likeness (QED) is 0.895. The SMILES string of the molecule is COc1cccc(NC(=O)CCN2C(=O)C(C)(C)Oc3ccccc32)c1. The lowest BCUT2D eigenvalue weighted by Gasteiger charge is -2.38. The highest BCUT2D eigenvalue weighted by Gasteiger charge is 2.40. The zero-order valence-electron chi connectivity index (χ0n) is 15.1. The highest BCUT2D eigenvalue weighted by atomic mass is 16.5. The number of benzene rings is 2. The molecule has 2 aromatic carbocycles. The van der Waals surface area contributed by atoms with Gasteiger partial charge in [-0.25, -0.2) is 0 Å². The van der Waals surface area contributed by atoms with Crippen LogP contribution in [0.15, 0.2) is 48.5 Å². The molecule has 0 radical (unpaired) electrons. The third kappa shape index (κ3) is 3.64. The third-order valence-electron chi connectivity index (χ3n) is 4.20. The molecule has 0 aromatic heterocycles. The van der Waals surface area contributed by atoms with Crippen molar-refractivity contribution in [1.29, 1.82) is 0 Å². The Hall–Kier alpha value is -3.02. The van der Waals surface area contributed by atoms with Crippen LogP contribution in [-0.4, -0.2) is 31.1 Å². The van der Waals surface area contributed by atoms with Crippen LogP contribution < -0.4 is 19.7 Å². The van der Waals surface area contributed by atoms with E-state index in [1.54, 1.807) is 50.1 Å². The van der Waals surface area contributed by atoms with E-state index in [2.05, 4.69) is 5.32 Å². The van der Waals surface area contributed by atoms with E-state index in [1.165, 1.54) is 0 Å². The number of hydrogen-bond donors (Lipinski definition) is 1. The Morgan fingerprint density at radius 2 is 1.96 bits per heavy atom. The molecule has 2 aromatic rings. The van der Waals surface area contributed by atoms with Crippen molar-refractivity contribution in [3.63, 3.8) is 0 Å². The van der Waals surface area contributed by atoms with Crippen LogP contribution >= 0.6 is 0 Å². The fourth-order valence-corrected chi connectivity index (χ4v) is 2.88. The van der Waals surface area contributed by atoms with Gasteiger partial charge in [0.05, 0.1) is 12.8 Å². The van der Waals surface area contributed by atoms with Gasteiger partial charge in [0.2, 0.25) is 5.91 Å². The van der Waals surface area contributed by atoms with Gasteiger partial charge in [0.15, 0.2) is 5.60 Å². The molecule has 0 spiro atoms. The van der Waals surface area contributed by atoms with Crippen LogP contribution in [0.1, 0.15) is 20.3 Å². The largest absolute Gasteiger partial charge is 0.497 e. The van der Waals surface area contributed by atoms with E-state index in [9.17, 15) is 9.59 Å². The molecule has 136 valence electrons. The van der Waals surface area contributed by atoms with Crippen molar-refractivity contribution in [2.24, 2.45) is 0 Å². The molecule has 1 aliphatic heterocycles. The summed E-state index contributed by atoms with van der Waals surface area (Å²) in [4.78, 5) is 26.6. The molecule has 6 heteroatoms. The average Bonchev–Trinajstić information content (AvgIpc) is 2.62. The molecule has 1 aliphatic rings. The zero-order valence-corrected chi connectivity index (χ0v) is 15.1. The first-order valence-electron chi connectivity index (χ1n) is 8.44. The molecule has 3 rings (SSSR count). The van der Waals surface area contributed by atoms with E-state index in [0.29, 0.717) is 22.9 Å². The Bertz CT molecular complexity index is 832.